The number of likely N-dealkylation sites (tertiary alicyclic amines) is 1. The minimum Gasteiger partial charge on any atom is -0.277 e. The van der Waals surface area contributed by atoms with E-state index in [0.717, 1.165) is 15.1 Å². The maximum Gasteiger partial charge on any atom is 0.234 e. The number of aryl methyl sites for hydroxylation is 1. The summed E-state index contributed by atoms with van der Waals surface area (Å²) in [4.78, 5) is 31.5. The first kappa shape index (κ1) is 13.0. The van der Waals surface area contributed by atoms with E-state index in [-0.39, 0.29) is 29.1 Å². The monoisotopic (exact) mass is 300 g/mol. The van der Waals surface area contributed by atoms with Crippen LogP contribution >= 0.6 is 11.3 Å². The summed E-state index contributed by atoms with van der Waals surface area (Å²) in [5, 5.41) is 0. The van der Waals surface area contributed by atoms with Gasteiger partial charge in [0.15, 0.2) is 0 Å². The van der Waals surface area contributed by atoms with Crippen LogP contribution in [0.3, 0.4) is 0 Å². The molecule has 0 bridgehead atoms. The van der Waals surface area contributed by atoms with E-state index < -0.39 is 0 Å². The summed E-state index contributed by atoms with van der Waals surface area (Å²) in [5.74, 6) is -0.201. The highest BCUT2D eigenvalue weighted by atomic mass is 32.1. The maximum atomic E-state index is 12.4. The molecule has 108 valence electrons. The van der Waals surface area contributed by atoms with Gasteiger partial charge < -0.3 is 0 Å². The van der Waals surface area contributed by atoms with Gasteiger partial charge in [-0.1, -0.05) is 13.8 Å². The van der Waals surface area contributed by atoms with E-state index in [4.69, 9.17) is 0 Å². The van der Waals surface area contributed by atoms with Gasteiger partial charge in [-0.2, -0.15) is 0 Å². The van der Waals surface area contributed by atoms with Crippen molar-refractivity contribution in [3.05, 3.63) is 28.8 Å². The van der Waals surface area contributed by atoms with Crippen LogP contribution in [0.4, 0.5) is 0 Å². The van der Waals surface area contributed by atoms with Gasteiger partial charge in [-0.15, -0.1) is 11.3 Å². The Labute approximate surface area is 126 Å². The van der Waals surface area contributed by atoms with Crippen molar-refractivity contribution in [3.63, 3.8) is 0 Å². The molecule has 1 aliphatic heterocycles. The van der Waals surface area contributed by atoms with Crippen LogP contribution in [0.25, 0.3) is 10.2 Å². The summed E-state index contributed by atoms with van der Waals surface area (Å²) in [5.41, 5.74) is 1.99. The van der Waals surface area contributed by atoms with Crippen LogP contribution in [-0.4, -0.2) is 21.7 Å². The molecule has 3 heterocycles. The van der Waals surface area contributed by atoms with Crippen LogP contribution in [0.5, 0.6) is 0 Å². The molecule has 5 heteroatoms. The molecule has 1 saturated heterocycles. The van der Waals surface area contributed by atoms with Crippen molar-refractivity contribution in [1.82, 2.24) is 9.88 Å². The zero-order chi connectivity index (χ0) is 14.9. The lowest BCUT2D eigenvalue weighted by Gasteiger charge is -2.19. The molecule has 2 fully saturated rings. The van der Waals surface area contributed by atoms with Gasteiger partial charge in [0.25, 0.3) is 0 Å². The summed E-state index contributed by atoms with van der Waals surface area (Å²) in [6.45, 7) is 6.44. The molecule has 2 atom stereocenters. The number of aromatic nitrogens is 1. The van der Waals surface area contributed by atoms with Crippen LogP contribution in [0.1, 0.15) is 24.3 Å². The number of fused-ring (bicyclic) bond motifs is 2. The summed E-state index contributed by atoms with van der Waals surface area (Å²) >= 11 is 1.62. The summed E-state index contributed by atoms with van der Waals surface area (Å²) < 4.78 is 1.14. The Kier molecular flexibility index (Phi) is 2.41. The van der Waals surface area contributed by atoms with Gasteiger partial charge in [0.1, 0.15) is 0 Å². The zero-order valence-electron chi connectivity index (χ0n) is 12.2. The normalized spacial score (nSPS) is 26.5. The van der Waals surface area contributed by atoms with E-state index in [1.54, 1.807) is 17.5 Å². The average molecular weight is 300 g/mol. The Morgan fingerprint density at radius 1 is 1.29 bits per heavy atom. The Morgan fingerprint density at radius 2 is 1.95 bits per heavy atom. The molecule has 4 rings (SSSR count). The van der Waals surface area contributed by atoms with Crippen molar-refractivity contribution < 1.29 is 9.59 Å². The Bertz CT molecular complexity index is 769. The van der Waals surface area contributed by atoms with Crippen LogP contribution in [-0.2, 0) is 16.1 Å². The second-order valence-electron chi connectivity index (χ2n) is 6.59. The molecular formula is C16H16N2O2S. The predicted molar refractivity (Wildman–Crippen MR) is 80.7 cm³/mol. The van der Waals surface area contributed by atoms with Crippen molar-refractivity contribution >= 4 is 33.4 Å². The van der Waals surface area contributed by atoms with Gasteiger partial charge in [0.05, 0.1) is 28.6 Å². The molecule has 2 aromatic heterocycles. The molecule has 0 aromatic carbocycles. The van der Waals surface area contributed by atoms with E-state index in [2.05, 4.69) is 4.98 Å². The van der Waals surface area contributed by atoms with Crippen LogP contribution in [0.15, 0.2) is 18.3 Å². The van der Waals surface area contributed by atoms with Crippen LogP contribution in [0, 0.1) is 24.2 Å². The summed E-state index contributed by atoms with van der Waals surface area (Å²) in [6, 6.07) is 3.97. The molecule has 0 spiro atoms. The largest absolute Gasteiger partial charge is 0.277 e. The fourth-order valence-corrected chi connectivity index (χ4v) is 4.58. The van der Waals surface area contributed by atoms with E-state index in [1.807, 2.05) is 32.9 Å². The third kappa shape index (κ3) is 1.64. The third-order valence-electron chi connectivity index (χ3n) is 4.87. The lowest BCUT2D eigenvalue weighted by Crippen LogP contribution is -2.35. The van der Waals surface area contributed by atoms with Gasteiger partial charge in [0, 0.05) is 11.1 Å². The van der Waals surface area contributed by atoms with Crippen molar-refractivity contribution in [2.75, 3.05) is 0 Å². The number of carbonyl (C=O) groups excluding carboxylic acids is 2. The van der Waals surface area contributed by atoms with E-state index in [0.29, 0.717) is 6.54 Å². The first-order valence-electron chi connectivity index (χ1n) is 7.10. The number of pyridine rings is 1. The molecule has 2 unspecified atom stereocenters. The van der Waals surface area contributed by atoms with E-state index >= 15 is 0 Å². The summed E-state index contributed by atoms with van der Waals surface area (Å²) in [7, 11) is 0. The first-order chi connectivity index (χ1) is 9.91. The SMILES string of the molecule is Cc1ccnc2cc(CN3C(=O)C4C(C3=O)C4(C)C)sc12. The Morgan fingerprint density at radius 3 is 2.57 bits per heavy atom. The van der Waals surface area contributed by atoms with Crippen LogP contribution < -0.4 is 0 Å². The molecule has 2 aromatic rings. The summed E-state index contributed by atoms with van der Waals surface area (Å²) in [6.07, 6.45) is 1.79. The molecule has 1 saturated carbocycles. The average Bonchev–Trinajstić information content (AvgIpc) is 2.71. The topological polar surface area (TPSA) is 50.3 Å². The molecule has 0 N–H and O–H groups in total. The Hall–Kier alpha value is -1.75. The second kappa shape index (κ2) is 3.91. The Balaban J connectivity index is 1.63. The first-order valence-corrected chi connectivity index (χ1v) is 7.92. The number of nitrogens with zero attached hydrogens (tertiary/aromatic N) is 2. The third-order valence-corrected chi connectivity index (χ3v) is 6.11. The van der Waals surface area contributed by atoms with Crippen molar-refractivity contribution in [1.29, 1.82) is 0 Å². The van der Waals surface area contributed by atoms with Crippen LogP contribution in [0.2, 0.25) is 0 Å². The van der Waals surface area contributed by atoms with Gasteiger partial charge >= 0.3 is 0 Å². The number of thiophene rings is 1. The van der Waals surface area contributed by atoms with Gasteiger partial charge in [-0.05, 0) is 30.0 Å². The van der Waals surface area contributed by atoms with Crippen molar-refractivity contribution in [2.24, 2.45) is 17.3 Å². The zero-order valence-corrected chi connectivity index (χ0v) is 13.0. The number of carbonyl (C=O) groups is 2. The number of imide groups is 1. The highest BCUT2D eigenvalue weighted by molar-refractivity contribution is 7.19. The number of rotatable bonds is 2. The smallest absolute Gasteiger partial charge is 0.234 e. The van der Waals surface area contributed by atoms with Crippen molar-refractivity contribution in [3.8, 4) is 0 Å². The fourth-order valence-electron chi connectivity index (χ4n) is 3.51. The fraction of sp³-hybridized carbons (Fsp3) is 0.438. The molecular weight excluding hydrogens is 284 g/mol. The molecule has 2 amide bonds. The predicted octanol–water partition coefficient (Wildman–Crippen LogP) is 2.75. The molecule has 2 aliphatic rings. The van der Waals surface area contributed by atoms with E-state index in [9.17, 15) is 9.59 Å². The number of hydrogen-bond donors (Lipinski definition) is 0. The molecule has 1 aliphatic carbocycles. The standard InChI is InChI=1S/C16H16N2O2S/c1-8-4-5-17-10-6-9(21-13(8)10)7-18-14(19)11-12(15(18)20)16(11,2)3/h4-6,11-12H,7H2,1-3H3. The minimum absolute atomic E-state index is 0.00265. The molecule has 0 radical (unpaired) electrons. The number of amides is 2. The van der Waals surface area contributed by atoms with Gasteiger partial charge in [-0.3, -0.25) is 19.5 Å². The minimum atomic E-state index is -0.136. The number of hydrogen-bond acceptors (Lipinski definition) is 4. The van der Waals surface area contributed by atoms with Gasteiger partial charge in [0.2, 0.25) is 11.8 Å². The number of piperidine rings is 1. The van der Waals surface area contributed by atoms with E-state index in [1.165, 1.54) is 10.5 Å². The quantitative estimate of drug-likeness (QED) is 0.801. The second-order valence-corrected chi connectivity index (χ2v) is 7.73. The lowest BCUT2D eigenvalue weighted by atomic mass is 10.1. The molecule has 21 heavy (non-hydrogen) atoms. The highest BCUT2D eigenvalue weighted by Crippen LogP contribution is 2.63. The molecule has 4 nitrogen and oxygen atoms in total. The maximum absolute atomic E-state index is 12.4. The highest BCUT2D eigenvalue weighted by Gasteiger charge is 2.72. The van der Waals surface area contributed by atoms with Gasteiger partial charge in [-0.25, -0.2) is 0 Å². The van der Waals surface area contributed by atoms with Crippen molar-refractivity contribution in [2.45, 2.75) is 27.3 Å². The lowest BCUT2D eigenvalue weighted by molar-refractivity contribution is -0.143.